The molecule has 0 unspecified atom stereocenters. The number of carbonyl (C=O) groups excluding carboxylic acids is 1. The van der Waals surface area contributed by atoms with Crippen LogP contribution in [0.2, 0.25) is 0 Å². The Labute approximate surface area is 124 Å². The van der Waals surface area contributed by atoms with Crippen molar-refractivity contribution in [3.63, 3.8) is 0 Å². The maximum Gasteiger partial charge on any atom is 0.226 e. The minimum atomic E-state index is -0.0265. The number of hydrogen-bond acceptors (Lipinski definition) is 5. The molecule has 6 nitrogen and oxygen atoms in total. The Bertz CT molecular complexity index is 567. The molecule has 1 amide bonds. The van der Waals surface area contributed by atoms with Crippen molar-refractivity contribution in [3.05, 3.63) is 29.1 Å². The molecule has 3 rings (SSSR count). The molecule has 1 fully saturated rings. The Hall–Kier alpha value is -1.95. The summed E-state index contributed by atoms with van der Waals surface area (Å²) >= 11 is 0. The summed E-state index contributed by atoms with van der Waals surface area (Å²) in [6.07, 6.45) is 3.40. The smallest absolute Gasteiger partial charge is 0.226 e. The molecule has 112 valence electrons. The first kappa shape index (κ1) is 14.0. The van der Waals surface area contributed by atoms with Crippen LogP contribution in [-0.4, -0.2) is 55.0 Å². The number of fused-ring (bicyclic) bond motifs is 1. The van der Waals surface area contributed by atoms with E-state index in [1.807, 2.05) is 12.3 Å². The fourth-order valence-electron chi connectivity index (χ4n) is 2.54. The van der Waals surface area contributed by atoms with Crippen LogP contribution in [0, 0.1) is 0 Å². The van der Waals surface area contributed by atoms with Gasteiger partial charge in [0.2, 0.25) is 5.91 Å². The van der Waals surface area contributed by atoms with E-state index in [-0.39, 0.29) is 5.91 Å². The number of aromatic nitrogens is 1. The van der Waals surface area contributed by atoms with E-state index in [4.69, 9.17) is 4.74 Å². The maximum atomic E-state index is 11.8. The molecule has 0 spiro atoms. The van der Waals surface area contributed by atoms with E-state index < -0.39 is 0 Å². The van der Waals surface area contributed by atoms with Crippen LogP contribution in [0.15, 0.2) is 17.3 Å². The summed E-state index contributed by atoms with van der Waals surface area (Å²) < 4.78 is 4.90. The average molecular weight is 288 g/mol. The summed E-state index contributed by atoms with van der Waals surface area (Å²) in [4.78, 5) is 23.1. The topological polar surface area (TPSA) is 66.8 Å². The Balaban J connectivity index is 1.61. The van der Waals surface area contributed by atoms with Crippen LogP contribution in [-0.2, 0) is 22.5 Å². The summed E-state index contributed by atoms with van der Waals surface area (Å²) in [6.45, 7) is 3.92. The van der Waals surface area contributed by atoms with Gasteiger partial charge in [0.25, 0.3) is 0 Å². The number of ether oxygens (including phenoxy) is 1. The second-order valence-corrected chi connectivity index (χ2v) is 5.33. The van der Waals surface area contributed by atoms with Crippen molar-refractivity contribution in [3.8, 4) is 0 Å². The van der Waals surface area contributed by atoms with Crippen LogP contribution in [0.4, 0.5) is 0 Å². The lowest BCUT2D eigenvalue weighted by Gasteiger charge is -2.33. The van der Waals surface area contributed by atoms with Gasteiger partial charge in [-0.25, -0.2) is 0 Å². The molecule has 6 heteroatoms. The number of amides is 1. The lowest BCUT2D eigenvalue weighted by atomic mass is 10.1. The molecule has 1 N–H and O–H groups in total. The van der Waals surface area contributed by atoms with Crippen molar-refractivity contribution < 1.29 is 9.53 Å². The van der Waals surface area contributed by atoms with E-state index in [0.29, 0.717) is 26.1 Å². The minimum absolute atomic E-state index is 0.0265. The number of carbonyl (C=O) groups is 1. The number of likely N-dealkylation sites (tertiary alicyclic amines) is 1. The molecule has 1 saturated heterocycles. The van der Waals surface area contributed by atoms with Crippen molar-refractivity contribution in [2.24, 2.45) is 4.99 Å². The van der Waals surface area contributed by atoms with E-state index in [2.05, 4.69) is 20.2 Å². The first-order valence-electron chi connectivity index (χ1n) is 7.31. The van der Waals surface area contributed by atoms with Gasteiger partial charge in [0.15, 0.2) is 0 Å². The molecular weight excluding hydrogens is 268 g/mol. The third-order valence-electron chi connectivity index (χ3n) is 3.81. The summed E-state index contributed by atoms with van der Waals surface area (Å²) in [6, 6.07) is 2.00. The van der Waals surface area contributed by atoms with Gasteiger partial charge < -0.3 is 15.0 Å². The summed E-state index contributed by atoms with van der Waals surface area (Å²) in [5.41, 5.74) is 3.09. The molecule has 0 saturated carbocycles. The van der Waals surface area contributed by atoms with Gasteiger partial charge in [-0.2, -0.15) is 0 Å². The zero-order valence-corrected chi connectivity index (χ0v) is 12.3. The molecule has 0 radical (unpaired) electrons. The van der Waals surface area contributed by atoms with Crippen LogP contribution in [0.1, 0.15) is 23.2 Å². The van der Waals surface area contributed by atoms with Crippen LogP contribution in [0.5, 0.6) is 0 Å². The monoisotopic (exact) mass is 288 g/mol. The number of nitrogens with one attached hydrogen (secondary N) is 1. The van der Waals surface area contributed by atoms with Gasteiger partial charge in [-0.05, 0) is 18.1 Å². The third-order valence-corrected chi connectivity index (χ3v) is 3.81. The van der Waals surface area contributed by atoms with E-state index in [9.17, 15) is 4.79 Å². The lowest BCUT2D eigenvalue weighted by Crippen LogP contribution is -2.42. The molecular formula is C15H20N4O2. The average Bonchev–Trinajstić information content (AvgIpc) is 2.80. The predicted octanol–water partition coefficient (Wildman–Crippen LogP) is 0.353. The minimum Gasteiger partial charge on any atom is -0.383 e. The fourth-order valence-corrected chi connectivity index (χ4v) is 2.54. The predicted molar refractivity (Wildman–Crippen MR) is 79.3 cm³/mol. The highest BCUT2D eigenvalue weighted by molar-refractivity contribution is 6.02. The second kappa shape index (κ2) is 6.22. The van der Waals surface area contributed by atoms with E-state index in [1.165, 1.54) is 12.0 Å². The zero-order valence-electron chi connectivity index (χ0n) is 12.3. The number of methoxy groups -OCH3 is 1. The largest absolute Gasteiger partial charge is 0.383 e. The van der Waals surface area contributed by atoms with Gasteiger partial charge in [0.05, 0.1) is 25.3 Å². The number of aliphatic imine (C=N–C) groups is 1. The van der Waals surface area contributed by atoms with Crippen LogP contribution < -0.4 is 5.32 Å². The van der Waals surface area contributed by atoms with Gasteiger partial charge >= 0.3 is 0 Å². The van der Waals surface area contributed by atoms with Crippen molar-refractivity contribution in [1.29, 1.82) is 0 Å². The summed E-state index contributed by atoms with van der Waals surface area (Å²) in [7, 11) is 1.62. The Kier molecular flexibility index (Phi) is 4.15. The van der Waals surface area contributed by atoms with E-state index in [1.54, 1.807) is 7.11 Å². The third kappa shape index (κ3) is 3.05. The summed E-state index contributed by atoms with van der Waals surface area (Å²) in [5, 5.41) is 2.80. The van der Waals surface area contributed by atoms with Crippen LogP contribution in [0.25, 0.3) is 0 Å². The highest BCUT2D eigenvalue weighted by Crippen LogP contribution is 2.23. The van der Waals surface area contributed by atoms with Crippen LogP contribution >= 0.6 is 0 Å². The standard InChI is InChI=1S/C15H20N4O2/c1-21-6-3-16-14(20)8-12-7-11-9-18-15(13(11)10-17-12)19-4-2-5-19/h7,10H,2-6,8-9H2,1H3,(H,16,20). The Morgan fingerprint density at radius 1 is 1.48 bits per heavy atom. The van der Waals surface area contributed by atoms with Gasteiger partial charge in [0.1, 0.15) is 5.84 Å². The first-order valence-corrected chi connectivity index (χ1v) is 7.31. The first-order chi connectivity index (χ1) is 10.3. The molecule has 0 aliphatic carbocycles. The zero-order chi connectivity index (χ0) is 14.7. The summed E-state index contributed by atoms with van der Waals surface area (Å²) in [5.74, 6) is 1.04. The van der Waals surface area contributed by atoms with E-state index >= 15 is 0 Å². The van der Waals surface area contributed by atoms with E-state index in [0.717, 1.165) is 30.2 Å². The van der Waals surface area contributed by atoms with Gasteiger partial charge in [-0.15, -0.1) is 0 Å². The molecule has 21 heavy (non-hydrogen) atoms. The number of pyridine rings is 1. The highest BCUT2D eigenvalue weighted by atomic mass is 16.5. The molecule has 0 atom stereocenters. The Morgan fingerprint density at radius 3 is 3.05 bits per heavy atom. The van der Waals surface area contributed by atoms with Crippen molar-refractivity contribution >= 4 is 11.7 Å². The van der Waals surface area contributed by atoms with Gasteiger partial charge in [-0.1, -0.05) is 0 Å². The fraction of sp³-hybridized carbons (Fsp3) is 0.533. The molecule has 2 aliphatic heterocycles. The quantitative estimate of drug-likeness (QED) is 0.794. The number of hydrogen-bond donors (Lipinski definition) is 1. The van der Waals surface area contributed by atoms with Gasteiger partial charge in [0, 0.05) is 38.5 Å². The molecule has 0 aromatic carbocycles. The maximum absolute atomic E-state index is 11.8. The van der Waals surface area contributed by atoms with Crippen LogP contribution in [0.3, 0.4) is 0 Å². The van der Waals surface area contributed by atoms with Crippen molar-refractivity contribution in [2.45, 2.75) is 19.4 Å². The molecule has 1 aromatic heterocycles. The molecule has 0 bridgehead atoms. The van der Waals surface area contributed by atoms with Crippen molar-refractivity contribution in [1.82, 2.24) is 15.2 Å². The molecule has 3 heterocycles. The highest BCUT2D eigenvalue weighted by Gasteiger charge is 2.25. The second-order valence-electron chi connectivity index (χ2n) is 5.33. The lowest BCUT2D eigenvalue weighted by molar-refractivity contribution is -0.120. The number of amidine groups is 1. The molecule has 2 aliphatic rings. The normalized spacial score (nSPS) is 16.2. The van der Waals surface area contributed by atoms with Gasteiger partial charge in [-0.3, -0.25) is 14.8 Å². The Morgan fingerprint density at radius 2 is 2.33 bits per heavy atom. The van der Waals surface area contributed by atoms with Crippen molar-refractivity contribution in [2.75, 3.05) is 33.4 Å². The number of nitrogens with zero attached hydrogens (tertiary/aromatic N) is 3. The SMILES string of the molecule is COCCNC(=O)Cc1cc2c(cn1)C(N1CCC1)=NC2. The molecule has 1 aromatic rings. The number of rotatable bonds is 5.